The van der Waals surface area contributed by atoms with Crippen LogP contribution in [0.1, 0.15) is 52.9 Å². The second-order valence-electron chi connectivity index (χ2n) is 11.2. The van der Waals surface area contributed by atoms with Gasteiger partial charge in [0.25, 0.3) is 5.91 Å². The molecule has 1 heterocycles. The van der Waals surface area contributed by atoms with Crippen molar-refractivity contribution in [2.45, 2.75) is 57.3 Å². The quantitative estimate of drug-likeness (QED) is 0.232. The SMILES string of the molecule is CNC1CCC2(CC1)CC2N(Cc1cc(-c2ccc(CO)cc2)ccc1OC)C(=O)c1sc2ccccc2c1Cl. The molecule has 2 aliphatic carbocycles. The number of rotatable bonds is 8. The number of carbonyl (C=O) groups is 1. The van der Waals surface area contributed by atoms with E-state index in [0.717, 1.165) is 70.2 Å². The third-order valence-corrected chi connectivity index (χ3v) is 10.7. The number of thiophene rings is 1. The Morgan fingerprint density at radius 2 is 1.82 bits per heavy atom. The molecule has 2 N–H and O–H groups in total. The van der Waals surface area contributed by atoms with Crippen molar-refractivity contribution in [1.82, 2.24) is 10.2 Å². The summed E-state index contributed by atoms with van der Waals surface area (Å²) in [6, 6.07) is 22.8. The van der Waals surface area contributed by atoms with Gasteiger partial charge < -0.3 is 20.1 Å². The average molecular weight is 575 g/mol. The van der Waals surface area contributed by atoms with Crippen LogP contribution in [0, 0.1) is 5.41 Å². The van der Waals surface area contributed by atoms with Gasteiger partial charge in [-0.25, -0.2) is 0 Å². The van der Waals surface area contributed by atoms with Crippen LogP contribution in [0.4, 0.5) is 0 Å². The van der Waals surface area contributed by atoms with E-state index >= 15 is 0 Å². The van der Waals surface area contributed by atoms with Gasteiger partial charge in [0.1, 0.15) is 10.6 Å². The first kappa shape index (κ1) is 27.3. The summed E-state index contributed by atoms with van der Waals surface area (Å²) in [6.45, 7) is 0.473. The third kappa shape index (κ3) is 5.03. The molecular weight excluding hydrogens is 540 g/mol. The van der Waals surface area contributed by atoms with E-state index < -0.39 is 0 Å². The van der Waals surface area contributed by atoms with Crippen LogP contribution in [0.2, 0.25) is 5.02 Å². The fourth-order valence-corrected chi connectivity index (χ4v) is 7.93. The molecule has 208 valence electrons. The standard InChI is InChI=1S/C33H35ClN2O3S/c1-35-25-13-15-33(16-14-25)18-29(33)36(32(38)31-30(34)26-5-3-4-6-28(26)40-31)19-24-17-23(11-12-27(24)39-2)22-9-7-21(20-37)8-10-22/h3-12,17,25,29,35,37H,13-16,18-20H2,1-2H3. The highest BCUT2D eigenvalue weighted by atomic mass is 35.5. The fourth-order valence-electron chi connectivity index (χ4n) is 6.46. The molecule has 2 fully saturated rings. The van der Waals surface area contributed by atoms with E-state index in [9.17, 15) is 9.90 Å². The van der Waals surface area contributed by atoms with Crippen molar-refractivity contribution in [3.63, 3.8) is 0 Å². The van der Waals surface area contributed by atoms with E-state index in [1.807, 2.05) is 67.7 Å². The zero-order chi connectivity index (χ0) is 27.9. The Balaban J connectivity index is 1.36. The van der Waals surface area contributed by atoms with Crippen molar-refractivity contribution in [3.05, 3.63) is 87.8 Å². The summed E-state index contributed by atoms with van der Waals surface area (Å²) < 4.78 is 6.82. The van der Waals surface area contributed by atoms with Crippen LogP contribution in [0.15, 0.2) is 66.7 Å². The average Bonchev–Trinajstić information content (AvgIpc) is 3.59. The number of nitrogens with zero attached hydrogens (tertiary/aromatic N) is 1. The number of hydrogen-bond acceptors (Lipinski definition) is 5. The van der Waals surface area contributed by atoms with Gasteiger partial charge in [-0.3, -0.25) is 4.79 Å². The molecule has 7 heteroatoms. The first-order chi connectivity index (χ1) is 19.5. The lowest BCUT2D eigenvalue weighted by atomic mass is 9.82. The van der Waals surface area contributed by atoms with Crippen molar-refractivity contribution < 1.29 is 14.6 Å². The first-order valence-electron chi connectivity index (χ1n) is 14.0. The number of methoxy groups -OCH3 is 1. The van der Waals surface area contributed by atoms with E-state index in [1.165, 1.54) is 11.3 Å². The molecule has 0 bridgehead atoms. The molecule has 40 heavy (non-hydrogen) atoms. The molecule has 2 saturated carbocycles. The molecule has 1 spiro atoms. The molecule has 6 rings (SSSR count). The van der Waals surface area contributed by atoms with Crippen LogP contribution in [0.3, 0.4) is 0 Å². The molecular formula is C33H35ClN2O3S. The summed E-state index contributed by atoms with van der Waals surface area (Å²) in [6.07, 6.45) is 5.56. The van der Waals surface area contributed by atoms with E-state index in [4.69, 9.17) is 16.3 Å². The minimum absolute atomic E-state index is 0.00331. The van der Waals surface area contributed by atoms with Crippen LogP contribution < -0.4 is 10.1 Å². The van der Waals surface area contributed by atoms with Gasteiger partial charge in [-0.05, 0) is 79.5 Å². The Kier molecular flexibility index (Phi) is 7.62. The normalized spacial score (nSPS) is 22.0. The topological polar surface area (TPSA) is 61.8 Å². The largest absolute Gasteiger partial charge is 0.496 e. The molecule has 2 aliphatic rings. The predicted molar refractivity (Wildman–Crippen MR) is 163 cm³/mol. The number of carbonyl (C=O) groups excluding carboxylic acids is 1. The van der Waals surface area contributed by atoms with Gasteiger partial charge in [-0.2, -0.15) is 0 Å². The van der Waals surface area contributed by atoms with E-state index in [2.05, 4.69) is 16.3 Å². The zero-order valence-corrected chi connectivity index (χ0v) is 24.5. The van der Waals surface area contributed by atoms with E-state index in [0.29, 0.717) is 22.5 Å². The highest BCUT2D eigenvalue weighted by Crippen LogP contribution is 2.59. The molecule has 4 aromatic rings. The van der Waals surface area contributed by atoms with Gasteiger partial charge in [0.2, 0.25) is 0 Å². The highest BCUT2D eigenvalue weighted by molar-refractivity contribution is 7.21. The molecule has 3 aromatic carbocycles. The summed E-state index contributed by atoms with van der Waals surface area (Å²) in [7, 11) is 3.73. The number of amides is 1. The number of fused-ring (bicyclic) bond motifs is 1. The first-order valence-corrected chi connectivity index (χ1v) is 15.2. The summed E-state index contributed by atoms with van der Waals surface area (Å²) in [5, 5.41) is 14.4. The van der Waals surface area contributed by atoms with Gasteiger partial charge in [0.15, 0.2) is 0 Å². The number of halogens is 1. The maximum Gasteiger partial charge on any atom is 0.266 e. The van der Waals surface area contributed by atoms with Crippen LogP contribution in [-0.4, -0.2) is 42.2 Å². The van der Waals surface area contributed by atoms with Gasteiger partial charge in [-0.15, -0.1) is 11.3 Å². The fraction of sp³-hybridized carbons (Fsp3) is 0.364. The maximum absolute atomic E-state index is 14.4. The number of ether oxygens (including phenoxy) is 1. The lowest BCUT2D eigenvalue weighted by molar-refractivity contribution is 0.0690. The van der Waals surface area contributed by atoms with Crippen LogP contribution in [-0.2, 0) is 13.2 Å². The summed E-state index contributed by atoms with van der Waals surface area (Å²) in [5.74, 6) is 0.771. The maximum atomic E-state index is 14.4. The van der Waals surface area contributed by atoms with Gasteiger partial charge >= 0.3 is 0 Å². The molecule has 0 radical (unpaired) electrons. The van der Waals surface area contributed by atoms with Crippen molar-refractivity contribution >= 4 is 38.9 Å². The molecule has 1 amide bonds. The number of nitrogens with one attached hydrogen (secondary N) is 1. The minimum atomic E-state index is 0.00331. The summed E-state index contributed by atoms with van der Waals surface area (Å²) >= 11 is 8.32. The van der Waals surface area contributed by atoms with Crippen LogP contribution in [0.5, 0.6) is 5.75 Å². The molecule has 0 aliphatic heterocycles. The third-order valence-electron chi connectivity index (χ3n) is 8.99. The minimum Gasteiger partial charge on any atom is -0.496 e. The Labute approximate surface area is 244 Å². The van der Waals surface area contributed by atoms with Gasteiger partial charge in [0.05, 0.1) is 18.7 Å². The number of benzene rings is 3. The Bertz CT molecular complexity index is 1520. The molecule has 1 unspecified atom stereocenters. The molecule has 1 aromatic heterocycles. The Morgan fingerprint density at radius 3 is 2.50 bits per heavy atom. The van der Waals surface area contributed by atoms with Gasteiger partial charge in [0, 0.05) is 34.3 Å². The number of aliphatic hydroxyl groups is 1. The van der Waals surface area contributed by atoms with Crippen molar-refractivity contribution in [1.29, 1.82) is 0 Å². The van der Waals surface area contributed by atoms with Crippen LogP contribution >= 0.6 is 22.9 Å². The van der Waals surface area contributed by atoms with E-state index in [1.54, 1.807) is 7.11 Å². The number of hydrogen-bond donors (Lipinski definition) is 2. The molecule has 1 atom stereocenters. The second-order valence-corrected chi connectivity index (χ2v) is 12.6. The zero-order valence-electron chi connectivity index (χ0n) is 23.0. The lowest BCUT2D eigenvalue weighted by Gasteiger charge is -2.32. The predicted octanol–water partition coefficient (Wildman–Crippen LogP) is 7.29. The summed E-state index contributed by atoms with van der Waals surface area (Å²) in [4.78, 5) is 17.1. The highest BCUT2D eigenvalue weighted by Gasteiger charge is 2.58. The molecule has 5 nitrogen and oxygen atoms in total. The lowest BCUT2D eigenvalue weighted by Crippen LogP contribution is -2.38. The smallest absolute Gasteiger partial charge is 0.266 e. The Hall–Kier alpha value is -2.90. The monoisotopic (exact) mass is 574 g/mol. The van der Waals surface area contributed by atoms with Crippen LogP contribution in [0.25, 0.3) is 21.2 Å². The summed E-state index contributed by atoms with van der Waals surface area (Å²) in [5.41, 5.74) is 4.13. The second kappa shape index (κ2) is 11.2. The van der Waals surface area contributed by atoms with E-state index in [-0.39, 0.29) is 24.0 Å². The van der Waals surface area contributed by atoms with Crippen molar-refractivity contribution in [2.24, 2.45) is 5.41 Å². The Morgan fingerprint density at radius 1 is 1.10 bits per heavy atom. The van der Waals surface area contributed by atoms with Gasteiger partial charge in [-0.1, -0.05) is 60.1 Å². The number of aliphatic hydroxyl groups excluding tert-OH is 1. The van der Waals surface area contributed by atoms with Crippen molar-refractivity contribution in [2.75, 3.05) is 14.2 Å². The molecule has 0 saturated heterocycles. The van der Waals surface area contributed by atoms with Crippen molar-refractivity contribution in [3.8, 4) is 16.9 Å².